The van der Waals surface area contributed by atoms with E-state index >= 15 is 0 Å². The zero-order valence-electron chi connectivity index (χ0n) is 15.4. The zero-order chi connectivity index (χ0) is 18.9. The van der Waals surface area contributed by atoms with Crippen LogP contribution >= 0.6 is 0 Å². The second-order valence-corrected chi connectivity index (χ2v) is 7.57. The van der Waals surface area contributed by atoms with Gasteiger partial charge in [0.15, 0.2) is 0 Å². The first-order valence-electron chi connectivity index (χ1n) is 8.37. The number of hydrogen-bond acceptors (Lipinski definition) is 5. The number of rotatable bonds is 11. The number of unbranched alkanes of at least 4 members (excludes halogenated alkanes) is 1. The summed E-state index contributed by atoms with van der Waals surface area (Å²) in [5.74, 6) is 0.434. The maximum absolute atomic E-state index is 12.3. The van der Waals surface area contributed by atoms with E-state index in [2.05, 4.69) is 5.32 Å². The van der Waals surface area contributed by atoms with Gasteiger partial charge in [0.2, 0.25) is 10.0 Å². The van der Waals surface area contributed by atoms with Crippen molar-refractivity contribution in [3.8, 4) is 11.5 Å². The number of carbonyl (C=O) groups excluding carboxylic acids is 1. The number of methoxy groups -OCH3 is 2. The second kappa shape index (κ2) is 10.2. The Morgan fingerprint density at radius 1 is 1.20 bits per heavy atom. The summed E-state index contributed by atoms with van der Waals surface area (Å²) in [6.07, 6.45) is 1.75. The van der Waals surface area contributed by atoms with Gasteiger partial charge in [-0.15, -0.1) is 0 Å². The number of nitrogens with zero attached hydrogens (tertiary/aromatic N) is 1. The summed E-state index contributed by atoms with van der Waals surface area (Å²) in [5.41, 5.74) is 0.332. The van der Waals surface area contributed by atoms with Gasteiger partial charge in [-0.3, -0.25) is 4.79 Å². The van der Waals surface area contributed by atoms with Crippen molar-refractivity contribution in [3.05, 3.63) is 23.8 Å². The molecule has 0 spiro atoms. The molecule has 1 amide bonds. The lowest BCUT2D eigenvalue weighted by Gasteiger charge is -2.20. The number of benzene rings is 1. The van der Waals surface area contributed by atoms with Gasteiger partial charge in [0.1, 0.15) is 11.5 Å². The van der Waals surface area contributed by atoms with Crippen LogP contribution in [0.15, 0.2) is 18.2 Å². The van der Waals surface area contributed by atoms with E-state index in [1.165, 1.54) is 18.5 Å². The number of amides is 1. The van der Waals surface area contributed by atoms with Crippen molar-refractivity contribution in [1.82, 2.24) is 9.62 Å². The van der Waals surface area contributed by atoms with Crippen LogP contribution in [0.25, 0.3) is 0 Å². The predicted molar refractivity (Wildman–Crippen MR) is 97.8 cm³/mol. The molecule has 0 unspecified atom stereocenters. The van der Waals surface area contributed by atoms with Gasteiger partial charge < -0.3 is 14.8 Å². The molecule has 142 valence electrons. The van der Waals surface area contributed by atoms with Crippen molar-refractivity contribution in [2.45, 2.75) is 26.7 Å². The van der Waals surface area contributed by atoms with Crippen molar-refractivity contribution >= 4 is 15.9 Å². The maximum Gasteiger partial charge on any atom is 0.255 e. The van der Waals surface area contributed by atoms with Crippen LogP contribution in [0.1, 0.15) is 37.0 Å². The zero-order valence-corrected chi connectivity index (χ0v) is 16.2. The normalized spacial score (nSPS) is 11.4. The minimum Gasteiger partial charge on any atom is -0.497 e. The molecular weight excluding hydrogens is 344 g/mol. The minimum absolute atomic E-state index is 0.0406. The summed E-state index contributed by atoms with van der Waals surface area (Å²) in [6.45, 7) is 4.81. The third-order valence-corrected chi connectivity index (χ3v) is 5.75. The summed E-state index contributed by atoms with van der Waals surface area (Å²) in [5, 5.41) is 2.64. The van der Waals surface area contributed by atoms with E-state index in [0.29, 0.717) is 30.2 Å². The van der Waals surface area contributed by atoms with Crippen molar-refractivity contribution < 1.29 is 22.7 Å². The molecule has 0 aliphatic rings. The lowest BCUT2D eigenvalue weighted by molar-refractivity contribution is 0.0953. The Labute approximate surface area is 150 Å². The molecule has 25 heavy (non-hydrogen) atoms. The summed E-state index contributed by atoms with van der Waals surface area (Å²) >= 11 is 0. The SMILES string of the molecule is CCCCN(CC)S(=O)(=O)CCNC(=O)c1ccc(OC)cc1OC. The Bertz CT molecular complexity index is 661. The molecule has 0 aliphatic carbocycles. The van der Waals surface area contributed by atoms with Crippen molar-refractivity contribution in [2.75, 3.05) is 39.6 Å². The Kier molecular flexibility index (Phi) is 8.71. The molecule has 0 saturated carbocycles. The van der Waals surface area contributed by atoms with E-state index in [4.69, 9.17) is 9.47 Å². The first-order chi connectivity index (χ1) is 11.9. The third-order valence-electron chi connectivity index (χ3n) is 3.81. The van der Waals surface area contributed by atoms with Crippen LogP contribution in [0.2, 0.25) is 0 Å². The van der Waals surface area contributed by atoms with Crippen LogP contribution < -0.4 is 14.8 Å². The van der Waals surface area contributed by atoms with E-state index in [9.17, 15) is 13.2 Å². The average Bonchev–Trinajstić information content (AvgIpc) is 2.61. The van der Waals surface area contributed by atoms with E-state index < -0.39 is 10.0 Å². The van der Waals surface area contributed by atoms with Crippen molar-refractivity contribution in [2.24, 2.45) is 0 Å². The van der Waals surface area contributed by atoms with E-state index in [0.717, 1.165) is 12.8 Å². The monoisotopic (exact) mass is 372 g/mol. The number of hydrogen-bond donors (Lipinski definition) is 1. The van der Waals surface area contributed by atoms with Crippen LogP contribution in [0.5, 0.6) is 11.5 Å². The van der Waals surface area contributed by atoms with Crippen LogP contribution in [-0.4, -0.2) is 58.2 Å². The minimum atomic E-state index is -3.38. The average molecular weight is 372 g/mol. The van der Waals surface area contributed by atoms with Gasteiger partial charge in [0.25, 0.3) is 5.91 Å². The molecule has 0 aliphatic heterocycles. The van der Waals surface area contributed by atoms with Gasteiger partial charge in [0.05, 0.1) is 25.5 Å². The lowest BCUT2D eigenvalue weighted by atomic mass is 10.2. The molecule has 0 atom stereocenters. The summed E-state index contributed by atoms with van der Waals surface area (Å²) in [6, 6.07) is 4.84. The molecule has 0 bridgehead atoms. The standard InChI is InChI=1S/C17H28N2O5S/c1-5-7-11-19(6-2)25(21,22)12-10-18-17(20)15-9-8-14(23-3)13-16(15)24-4/h8-9,13H,5-7,10-12H2,1-4H3,(H,18,20). The molecule has 1 aromatic rings. The third kappa shape index (κ3) is 6.21. The molecule has 1 N–H and O–H groups in total. The molecule has 7 nitrogen and oxygen atoms in total. The Hall–Kier alpha value is -1.80. The highest BCUT2D eigenvalue weighted by atomic mass is 32.2. The summed E-state index contributed by atoms with van der Waals surface area (Å²) < 4.78 is 36.4. The molecule has 1 aromatic carbocycles. The molecule has 0 saturated heterocycles. The Morgan fingerprint density at radius 2 is 1.92 bits per heavy atom. The van der Waals surface area contributed by atoms with Gasteiger partial charge in [-0.05, 0) is 18.6 Å². The van der Waals surface area contributed by atoms with Gasteiger partial charge in [-0.25, -0.2) is 12.7 Å². The highest BCUT2D eigenvalue weighted by Crippen LogP contribution is 2.24. The number of sulfonamides is 1. The van der Waals surface area contributed by atoms with Gasteiger partial charge in [0, 0.05) is 25.7 Å². The fraction of sp³-hybridized carbons (Fsp3) is 0.588. The smallest absolute Gasteiger partial charge is 0.255 e. The predicted octanol–water partition coefficient (Wildman–Crippen LogP) is 1.89. The van der Waals surface area contributed by atoms with Crippen LogP contribution in [-0.2, 0) is 10.0 Å². The molecule has 1 rings (SSSR count). The topological polar surface area (TPSA) is 84.9 Å². The van der Waals surface area contributed by atoms with Crippen molar-refractivity contribution in [3.63, 3.8) is 0 Å². The molecule has 0 aromatic heterocycles. The van der Waals surface area contributed by atoms with E-state index in [1.54, 1.807) is 18.2 Å². The fourth-order valence-electron chi connectivity index (χ4n) is 2.33. The van der Waals surface area contributed by atoms with Crippen molar-refractivity contribution in [1.29, 1.82) is 0 Å². The summed E-state index contributed by atoms with van der Waals surface area (Å²) in [7, 11) is -0.395. The first kappa shape index (κ1) is 21.2. The first-order valence-corrected chi connectivity index (χ1v) is 9.98. The molecular formula is C17H28N2O5S. The fourth-order valence-corrected chi connectivity index (χ4v) is 3.75. The lowest BCUT2D eigenvalue weighted by Crippen LogP contribution is -2.38. The Morgan fingerprint density at radius 3 is 2.48 bits per heavy atom. The molecule has 8 heteroatoms. The molecule has 0 heterocycles. The van der Waals surface area contributed by atoms with E-state index in [1.807, 2.05) is 13.8 Å². The number of nitrogens with one attached hydrogen (secondary N) is 1. The van der Waals surface area contributed by atoms with Gasteiger partial charge >= 0.3 is 0 Å². The van der Waals surface area contributed by atoms with Crippen LogP contribution in [0.3, 0.4) is 0 Å². The summed E-state index contributed by atoms with van der Waals surface area (Å²) in [4.78, 5) is 12.3. The highest BCUT2D eigenvalue weighted by Gasteiger charge is 2.20. The van der Waals surface area contributed by atoms with Crippen LogP contribution in [0.4, 0.5) is 0 Å². The maximum atomic E-state index is 12.3. The number of ether oxygens (including phenoxy) is 2. The molecule has 0 fully saturated rings. The highest BCUT2D eigenvalue weighted by molar-refractivity contribution is 7.89. The van der Waals surface area contributed by atoms with Crippen LogP contribution in [0, 0.1) is 0 Å². The van der Waals surface area contributed by atoms with Gasteiger partial charge in [-0.2, -0.15) is 0 Å². The Balaban J connectivity index is 2.67. The quantitative estimate of drug-likeness (QED) is 0.641. The van der Waals surface area contributed by atoms with E-state index in [-0.39, 0.29) is 18.2 Å². The second-order valence-electron chi connectivity index (χ2n) is 5.48. The largest absolute Gasteiger partial charge is 0.497 e. The number of carbonyl (C=O) groups is 1. The van der Waals surface area contributed by atoms with Gasteiger partial charge in [-0.1, -0.05) is 20.3 Å². The molecule has 0 radical (unpaired) electrons.